The molecule has 2 unspecified atom stereocenters. The topological polar surface area (TPSA) is 80.7 Å². The first kappa shape index (κ1) is 18.6. The summed E-state index contributed by atoms with van der Waals surface area (Å²) in [6.45, 7) is 7.37. The van der Waals surface area contributed by atoms with Gasteiger partial charge in [0.25, 0.3) is 0 Å². The van der Waals surface area contributed by atoms with Crippen molar-refractivity contribution in [2.45, 2.75) is 25.9 Å². The summed E-state index contributed by atoms with van der Waals surface area (Å²) in [4.78, 5) is 14.8. The molecule has 1 saturated heterocycles. The number of hydrogen-bond donors (Lipinski definition) is 2. The van der Waals surface area contributed by atoms with Crippen LogP contribution in [0.15, 0.2) is 40.8 Å². The second-order valence-corrected chi connectivity index (χ2v) is 6.75. The lowest BCUT2D eigenvalue weighted by atomic mass is 10.1. The largest absolute Gasteiger partial charge is 0.465 e. The second kappa shape index (κ2) is 8.49. The van der Waals surface area contributed by atoms with Crippen LogP contribution in [0.1, 0.15) is 34.7 Å². The van der Waals surface area contributed by atoms with E-state index in [1.54, 1.807) is 0 Å². The zero-order valence-corrected chi connectivity index (χ0v) is 15.4. The van der Waals surface area contributed by atoms with Crippen LogP contribution in [0.4, 0.5) is 0 Å². The van der Waals surface area contributed by atoms with E-state index in [-0.39, 0.29) is 11.9 Å². The number of ether oxygens (including phenoxy) is 1. The summed E-state index contributed by atoms with van der Waals surface area (Å²) in [5, 5.41) is 2.99. The number of benzene rings is 1. The number of amides is 1. The minimum atomic E-state index is -0.681. The third-order valence-electron chi connectivity index (χ3n) is 4.76. The summed E-state index contributed by atoms with van der Waals surface area (Å²) in [6.07, 6.45) is 0. The van der Waals surface area contributed by atoms with Gasteiger partial charge in [-0.15, -0.1) is 0 Å². The molecule has 1 aliphatic heterocycles. The number of furan rings is 1. The lowest BCUT2D eigenvalue weighted by Gasteiger charge is -2.33. The van der Waals surface area contributed by atoms with Crippen LogP contribution in [0.3, 0.4) is 0 Å². The Morgan fingerprint density at radius 2 is 1.85 bits per heavy atom. The van der Waals surface area contributed by atoms with Crippen LogP contribution >= 0.6 is 0 Å². The molecule has 2 atom stereocenters. The molecule has 26 heavy (non-hydrogen) atoms. The third kappa shape index (κ3) is 4.52. The average molecular weight is 357 g/mol. The van der Waals surface area contributed by atoms with Crippen molar-refractivity contribution in [2.75, 3.05) is 32.8 Å². The highest BCUT2D eigenvalue weighted by atomic mass is 16.5. The molecule has 6 heteroatoms. The lowest BCUT2D eigenvalue weighted by Crippen LogP contribution is -2.45. The van der Waals surface area contributed by atoms with E-state index in [9.17, 15) is 4.79 Å². The molecule has 1 aromatic heterocycles. The van der Waals surface area contributed by atoms with Crippen molar-refractivity contribution in [1.82, 2.24) is 10.2 Å². The Morgan fingerprint density at radius 3 is 2.46 bits per heavy atom. The Balaban J connectivity index is 1.66. The minimum Gasteiger partial charge on any atom is -0.465 e. The van der Waals surface area contributed by atoms with Crippen LogP contribution in [-0.4, -0.2) is 43.7 Å². The monoisotopic (exact) mass is 357 g/mol. The molecule has 0 saturated carbocycles. The quantitative estimate of drug-likeness (QED) is 0.827. The van der Waals surface area contributed by atoms with Gasteiger partial charge in [-0.3, -0.25) is 9.69 Å². The van der Waals surface area contributed by atoms with Gasteiger partial charge in [0.1, 0.15) is 17.6 Å². The molecule has 0 bridgehead atoms. The van der Waals surface area contributed by atoms with E-state index in [2.05, 4.69) is 10.2 Å². The van der Waals surface area contributed by atoms with Crippen molar-refractivity contribution in [3.05, 3.63) is 59.0 Å². The van der Waals surface area contributed by atoms with E-state index in [0.717, 1.165) is 35.7 Å². The molecule has 6 nitrogen and oxygen atoms in total. The summed E-state index contributed by atoms with van der Waals surface area (Å²) in [5.74, 6) is 1.53. The van der Waals surface area contributed by atoms with E-state index in [1.807, 2.05) is 50.2 Å². The Bertz CT molecular complexity index is 720. The first-order valence-corrected chi connectivity index (χ1v) is 9.02. The number of carbonyl (C=O) groups excluding carboxylic acids is 1. The Morgan fingerprint density at radius 1 is 1.15 bits per heavy atom. The average Bonchev–Trinajstić information content (AvgIpc) is 3.09. The second-order valence-electron chi connectivity index (χ2n) is 6.75. The number of carbonyl (C=O) groups is 1. The molecule has 0 spiro atoms. The van der Waals surface area contributed by atoms with Crippen LogP contribution in [0.5, 0.6) is 0 Å². The number of nitrogens with two attached hydrogens (primary N) is 1. The van der Waals surface area contributed by atoms with E-state index >= 15 is 0 Å². The van der Waals surface area contributed by atoms with Gasteiger partial charge in [0.2, 0.25) is 5.91 Å². The van der Waals surface area contributed by atoms with Crippen LogP contribution in [0.25, 0.3) is 0 Å². The molecule has 0 aliphatic carbocycles. The van der Waals surface area contributed by atoms with E-state index in [1.165, 1.54) is 0 Å². The van der Waals surface area contributed by atoms with Gasteiger partial charge in [0, 0.05) is 19.6 Å². The molecule has 3 rings (SSSR count). The van der Waals surface area contributed by atoms with Gasteiger partial charge in [0.15, 0.2) is 0 Å². The summed E-state index contributed by atoms with van der Waals surface area (Å²) in [5.41, 5.74) is 8.08. The predicted octanol–water partition coefficient (Wildman–Crippen LogP) is 2.09. The van der Waals surface area contributed by atoms with Gasteiger partial charge in [-0.25, -0.2) is 0 Å². The fourth-order valence-electron chi connectivity index (χ4n) is 3.16. The molecule has 2 aromatic rings. The number of morpholine rings is 1. The van der Waals surface area contributed by atoms with Crippen molar-refractivity contribution >= 4 is 5.91 Å². The zero-order chi connectivity index (χ0) is 18.5. The maximum atomic E-state index is 12.5. The molecular formula is C20H27N3O3. The highest BCUT2D eigenvalue weighted by Gasteiger charge is 2.26. The minimum absolute atomic E-state index is 0.0261. The summed E-state index contributed by atoms with van der Waals surface area (Å²) in [6, 6.07) is 10.9. The van der Waals surface area contributed by atoms with Gasteiger partial charge in [0.05, 0.1) is 19.3 Å². The highest BCUT2D eigenvalue weighted by Crippen LogP contribution is 2.23. The molecule has 1 fully saturated rings. The molecule has 3 N–H and O–H groups in total. The SMILES string of the molecule is Cc1ccc(C(N)C(=O)NCC(c2ccc(C)o2)N2CCOCC2)cc1. The number of rotatable bonds is 6. The van der Waals surface area contributed by atoms with Crippen molar-refractivity contribution in [2.24, 2.45) is 5.73 Å². The smallest absolute Gasteiger partial charge is 0.241 e. The van der Waals surface area contributed by atoms with E-state index in [0.29, 0.717) is 19.8 Å². The Hall–Kier alpha value is -2.15. The van der Waals surface area contributed by atoms with Gasteiger partial charge in [-0.2, -0.15) is 0 Å². The van der Waals surface area contributed by atoms with E-state index in [4.69, 9.17) is 14.9 Å². The van der Waals surface area contributed by atoms with Crippen molar-refractivity contribution in [3.63, 3.8) is 0 Å². The van der Waals surface area contributed by atoms with Crippen molar-refractivity contribution < 1.29 is 13.9 Å². The first-order valence-electron chi connectivity index (χ1n) is 9.02. The molecule has 140 valence electrons. The predicted molar refractivity (Wildman–Crippen MR) is 99.7 cm³/mol. The molecule has 1 aliphatic rings. The molecule has 2 heterocycles. The van der Waals surface area contributed by atoms with E-state index < -0.39 is 6.04 Å². The van der Waals surface area contributed by atoms with Crippen molar-refractivity contribution in [1.29, 1.82) is 0 Å². The Kier molecular flexibility index (Phi) is 6.08. The number of hydrogen-bond acceptors (Lipinski definition) is 5. The van der Waals surface area contributed by atoms with Gasteiger partial charge in [-0.1, -0.05) is 29.8 Å². The Labute approximate surface area is 154 Å². The summed E-state index contributed by atoms with van der Waals surface area (Å²) in [7, 11) is 0. The summed E-state index contributed by atoms with van der Waals surface area (Å²) < 4.78 is 11.3. The van der Waals surface area contributed by atoms with Crippen molar-refractivity contribution in [3.8, 4) is 0 Å². The van der Waals surface area contributed by atoms with Crippen LogP contribution < -0.4 is 11.1 Å². The maximum Gasteiger partial charge on any atom is 0.241 e. The molecule has 1 aromatic carbocycles. The fraction of sp³-hybridized carbons (Fsp3) is 0.450. The first-order chi connectivity index (χ1) is 12.5. The number of aryl methyl sites for hydroxylation is 2. The van der Waals surface area contributed by atoms with Gasteiger partial charge in [-0.05, 0) is 31.5 Å². The normalized spacial score (nSPS) is 17.7. The summed E-state index contributed by atoms with van der Waals surface area (Å²) >= 11 is 0. The molecule has 0 radical (unpaired) electrons. The van der Waals surface area contributed by atoms with Gasteiger partial charge < -0.3 is 20.2 Å². The number of nitrogens with zero attached hydrogens (tertiary/aromatic N) is 1. The van der Waals surface area contributed by atoms with Crippen LogP contribution in [-0.2, 0) is 9.53 Å². The van der Waals surface area contributed by atoms with Gasteiger partial charge >= 0.3 is 0 Å². The zero-order valence-electron chi connectivity index (χ0n) is 15.4. The maximum absolute atomic E-state index is 12.5. The lowest BCUT2D eigenvalue weighted by molar-refractivity contribution is -0.122. The standard InChI is InChI=1S/C20H27N3O3/c1-14-3-6-16(7-4-14)19(21)20(24)22-13-17(18-8-5-15(2)26-18)23-9-11-25-12-10-23/h3-8,17,19H,9-13,21H2,1-2H3,(H,22,24). The van der Waals surface area contributed by atoms with Crippen LogP contribution in [0.2, 0.25) is 0 Å². The highest BCUT2D eigenvalue weighted by molar-refractivity contribution is 5.82. The molecular weight excluding hydrogens is 330 g/mol. The fourth-order valence-corrected chi connectivity index (χ4v) is 3.16. The molecule has 1 amide bonds. The number of nitrogens with one attached hydrogen (secondary N) is 1. The third-order valence-corrected chi connectivity index (χ3v) is 4.76. The van der Waals surface area contributed by atoms with Crippen LogP contribution in [0, 0.1) is 13.8 Å².